The Labute approximate surface area is 124 Å². The van der Waals surface area contributed by atoms with Crippen LogP contribution in [-0.4, -0.2) is 37.7 Å². The Morgan fingerprint density at radius 1 is 1.37 bits per heavy atom. The van der Waals surface area contributed by atoms with E-state index in [1.807, 2.05) is 6.07 Å². The molecular formula is C15H23BrN2O. The zero-order valence-electron chi connectivity index (χ0n) is 11.8. The lowest BCUT2D eigenvalue weighted by atomic mass is 10.0. The number of nitrogens with zero attached hydrogens (tertiary/aromatic N) is 1. The van der Waals surface area contributed by atoms with Crippen LogP contribution in [0.15, 0.2) is 22.7 Å². The largest absolute Gasteiger partial charge is 0.497 e. The van der Waals surface area contributed by atoms with Crippen LogP contribution in [0.25, 0.3) is 0 Å². The third kappa shape index (κ3) is 3.94. The fourth-order valence-corrected chi connectivity index (χ4v) is 3.06. The molecule has 0 saturated carbocycles. The molecule has 1 saturated heterocycles. The average Bonchev–Trinajstić information content (AvgIpc) is 2.47. The van der Waals surface area contributed by atoms with Crippen LogP contribution in [0.5, 0.6) is 5.75 Å². The summed E-state index contributed by atoms with van der Waals surface area (Å²) in [5.41, 5.74) is 1.31. The predicted molar refractivity (Wildman–Crippen MR) is 82.7 cm³/mol. The minimum atomic E-state index is 0.698. The lowest BCUT2D eigenvalue weighted by Crippen LogP contribution is -2.42. The molecule has 1 aliphatic heterocycles. The molecule has 4 heteroatoms. The summed E-state index contributed by atoms with van der Waals surface area (Å²) in [6.07, 6.45) is 2.49. The van der Waals surface area contributed by atoms with Gasteiger partial charge in [0.25, 0.3) is 0 Å². The number of hydrogen-bond donors (Lipinski definition) is 1. The molecule has 1 N–H and O–H groups in total. The van der Waals surface area contributed by atoms with E-state index in [4.69, 9.17) is 4.74 Å². The van der Waals surface area contributed by atoms with Crippen molar-refractivity contribution in [1.82, 2.24) is 10.2 Å². The van der Waals surface area contributed by atoms with Crippen molar-refractivity contribution in [1.29, 1.82) is 0 Å². The molecule has 1 heterocycles. The second-order valence-electron chi connectivity index (χ2n) is 5.00. The van der Waals surface area contributed by atoms with Crippen LogP contribution in [0.3, 0.4) is 0 Å². The maximum absolute atomic E-state index is 5.32. The third-order valence-electron chi connectivity index (χ3n) is 3.86. The van der Waals surface area contributed by atoms with Crippen LogP contribution in [0.2, 0.25) is 0 Å². The monoisotopic (exact) mass is 326 g/mol. The van der Waals surface area contributed by atoms with Gasteiger partial charge in [0.2, 0.25) is 0 Å². The van der Waals surface area contributed by atoms with Gasteiger partial charge in [0.15, 0.2) is 0 Å². The summed E-state index contributed by atoms with van der Waals surface area (Å²) in [5.74, 6) is 0.930. The summed E-state index contributed by atoms with van der Waals surface area (Å²) in [6.45, 7) is 6.60. The Balaban J connectivity index is 2.08. The van der Waals surface area contributed by atoms with E-state index >= 15 is 0 Å². The fraction of sp³-hybridized carbons (Fsp3) is 0.600. The van der Waals surface area contributed by atoms with Crippen molar-refractivity contribution < 1.29 is 4.74 Å². The molecular weight excluding hydrogens is 304 g/mol. The molecule has 3 nitrogen and oxygen atoms in total. The topological polar surface area (TPSA) is 24.5 Å². The van der Waals surface area contributed by atoms with Crippen LogP contribution < -0.4 is 10.1 Å². The number of methoxy groups -OCH3 is 1. The number of benzene rings is 1. The number of rotatable bonds is 5. The summed E-state index contributed by atoms with van der Waals surface area (Å²) < 4.78 is 6.49. The minimum absolute atomic E-state index is 0.698. The maximum Gasteiger partial charge on any atom is 0.119 e. The van der Waals surface area contributed by atoms with E-state index in [9.17, 15) is 0 Å². The second-order valence-corrected chi connectivity index (χ2v) is 5.86. The van der Waals surface area contributed by atoms with Crippen molar-refractivity contribution in [2.45, 2.75) is 32.4 Å². The van der Waals surface area contributed by atoms with Gasteiger partial charge >= 0.3 is 0 Å². The van der Waals surface area contributed by atoms with E-state index in [2.05, 4.69) is 45.2 Å². The first kappa shape index (κ1) is 14.8. The summed E-state index contributed by atoms with van der Waals surface area (Å²) >= 11 is 3.65. The van der Waals surface area contributed by atoms with Crippen molar-refractivity contribution in [3.63, 3.8) is 0 Å². The normalized spacial score (nSPS) is 16.8. The van der Waals surface area contributed by atoms with Crippen LogP contribution in [0.4, 0.5) is 0 Å². The fourth-order valence-electron chi connectivity index (χ4n) is 2.69. The molecule has 2 rings (SSSR count). The van der Waals surface area contributed by atoms with Gasteiger partial charge in [-0.15, -0.1) is 0 Å². The van der Waals surface area contributed by atoms with E-state index < -0.39 is 0 Å². The Bertz CT molecular complexity index is 405. The van der Waals surface area contributed by atoms with Crippen molar-refractivity contribution in [3.05, 3.63) is 28.2 Å². The smallest absolute Gasteiger partial charge is 0.119 e. The van der Waals surface area contributed by atoms with Gasteiger partial charge in [-0.25, -0.2) is 0 Å². The summed E-state index contributed by atoms with van der Waals surface area (Å²) in [4.78, 5) is 2.57. The zero-order valence-corrected chi connectivity index (χ0v) is 13.4. The maximum atomic E-state index is 5.32. The highest BCUT2D eigenvalue weighted by Crippen LogP contribution is 2.25. The molecule has 1 aromatic rings. The number of hydrogen-bond acceptors (Lipinski definition) is 3. The van der Waals surface area contributed by atoms with Gasteiger partial charge < -0.3 is 10.1 Å². The lowest BCUT2D eigenvalue weighted by Gasteiger charge is -2.34. The molecule has 19 heavy (non-hydrogen) atoms. The van der Waals surface area contributed by atoms with Gasteiger partial charge in [-0.3, -0.25) is 4.90 Å². The molecule has 0 aromatic heterocycles. The Morgan fingerprint density at radius 2 is 2.11 bits per heavy atom. The first-order valence-electron chi connectivity index (χ1n) is 7.01. The molecule has 0 radical (unpaired) electrons. The van der Waals surface area contributed by atoms with Gasteiger partial charge in [-0.1, -0.05) is 22.9 Å². The highest BCUT2D eigenvalue weighted by atomic mass is 79.9. The Morgan fingerprint density at radius 3 is 2.74 bits per heavy atom. The summed E-state index contributed by atoms with van der Waals surface area (Å²) in [7, 11) is 1.72. The van der Waals surface area contributed by atoms with Gasteiger partial charge in [0, 0.05) is 17.1 Å². The standard InChI is InChI=1S/C15H23BrN2O/c1-3-18(13-6-8-17-9-7-13)11-12-10-14(19-2)4-5-15(12)16/h4-5,10,13,17H,3,6-9,11H2,1-2H3. The SMILES string of the molecule is CCN(Cc1cc(OC)ccc1Br)C1CCNCC1. The first-order valence-corrected chi connectivity index (χ1v) is 7.81. The number of piperidine rings is 1. The van der Waals surface area contributed by atoms with Crippen molar-refractivity contribution in [3.8, 4) is 5.75 Å². The Hall–Kier alpha value is -0.580. The number of nitrogens with one attached hydrogen (secondary N) is 1. The van der Waals surface area contributed by atoms with E-state index in [0.717, 1.165) is 31.9 Å². The third-order valence-corrected chi connectivity index (χ3v) is 4.63. The quantitative estimate of drug-likeness (QED) is 0.900. The minimum Gasteiger partial charge on any atom is -0.497 e. The summed E-state index contributed by atoms with van der Waals surface area (Å²) in [5, 5.41) is 3.43. The molecule has 0 atom stereocenters. The van der Waals surface area contributed by atoms with E-state index in [-0.39, 0.29) is 0 Å². The van der Waals surface area contributed by atoms with Crippen LogP contribution in [0, 0.1) is 0 Å². The van der Waals surface area contributed by atoms with Gasteiger partial charge in [0.1, 0.15) is 5.75 Å². The van der Waals surface area contributed by atoms with Crippen LogP contribution >= 0.6 is 15.9 Å². The van der Waals surface area contributed by atoms with Crippen molar-refractivity contribution >= 4 is 15.9 Å². The molecule has 0 aliphatic carbocycles. The van der Waals surface area contributed by atoms with Gasteiger partial charge in [0.05, 0.1) is 7.11 Å². The highest BCUT2D eigenvalue weighted by molar-refractivity contribution is 9.10. The van der Waals surface area contributed by atoms with E-state index in [1.54, 1.807) is 7.11 Å². The molecule has 0 bridgehead atoms. The molecule has 0 amide bonds. The van der Waals surface area contributed by atoms with Crippen molar-refractivity contribution in [2.24, 2.45) is 0 Å². The van der Waals surface area contributed by atoms with Gasteiger partial charge in [-0.2, -0.15) is 0 Å². The second kappa shape index (κ2) is 7.27. The predicted octanol–water partition coefficient (Wildman–Crippen LogP) is 3.03. The van der Waals surface area contributed by atoms with Crippen LogP contribution in [0.1, 0.15) is 25.3 Å². The zero-order chi connectivity index (χ0) is 13.7. The number of ether oxygens (including phenoxy) is 1. The molecule has 1 aliphatic rings. The van der Waals surface area contributed by atoms with Crippen LogP contribution in [-0.2, 0) is 6.54 Å². The molecule has 106 valence electrons. The van der Waals surface area contributed by atoms with E-state index in [0.29, 0.717) is 6.04 Å². The molecule has 1 fully saturated rings. The first-order chi connectivity index (χ1) is 9.24. The Kier molecular flexibility index (Phi) is 5.67. The van der Waals surface area contributed by atoms with Gasteiger partial charge in [-0.05, 0) is 56.2 Å². The highest BCUT2D eigenvalue weighted by Gasteiger charge is 2.20. The molecule has 0 spiro atoms. The molecule has 0 unspecified atom stereocenters. The van der Waals surface area contributed by atoms with E-state index in [1.165, 1.54) is 22.9 Å². The molecule has 1 aromatic carbocycles. The lowest BCUT2D eigenvalue weighted by molar-refractivity contribution is 0.162. The average molecular weight is 327 g/mol. The van der Waals surface area contributed by atoms with Crippen molar-refractivity contribution in [2.75, 3.05) is 26.7 Å². The number of halogens is 1. The summed E-state index contributed by atoms with van der Waals surface area (Å²) in [6, 6.07) is 6.90.